The first-order chi connectivity index (χ1) is 5.84. The highest BCUT2D eigenvalue weighted by molar-refractivity contribution is 5.12. The molecule has 0 aromatic carbocycles. The maximum absolute atomic E-state index is 4.72. The molecule has 1 aromatic heterocycles. The number of hydrogen-bond acceptors (Lipinski definition) is 2. The first kappa shape index (κ1) is 9.26. The molecular formula is C9H16N2O. The molecule has 1 N–H and O–H groups in total. The van der Waals surface area contributed by atoms with E-state index in [1.54, 1.807) is 0 Å². The molecule has 0 aliphatic carbocycles. The van der Waals surface area contributed by atoms with Gasteiger partial charge in [-0.15, -0.1) is 0 Å². The van der Waals surface area contributed by atoms with Crippen LogP contribution in [0.25, 0.3) is 0 Å². The summed E-state index contributed by atoms with van der Waals surface area (Å²) >= 11 is 0. The van der Waals surface area contributed by atoms with E-state index in [1.165, 1.54) is 17.7 Å². The van der Waals surface area contributed by atoms with Gasteiger partial charge in [0.15, 0.2) is 0 Å². The highest BCUT2D eigenvalue weighted by Crippen LogP contribution is 2.00. The Morgan fingerprint density at radius 2 is 2.17 bits per heavy atom. The number of H-pyrrole nitrogens is 1. The molecule has 1 fully saturated rings. The minimum Gasteiger partial charge on any atom is -0.381 e. The molecule has 68 valence electrons. The third-order valence-corrected chi connectivity index (χ3v) is 1.86. The predicted molar refractivity (Wildman–Crippen MR) is 48.1 cm³/mol. The molecule has 0 atom stereocenters. The number of aryl methyl sites for hydroxylation is 2. The third kappa shape index (κ3) is 2.66. The van der Waals surface area contributed by atoms with Gasteiger partial charge in [-0.25, -0.2) is 0 Å². The molecule has 1 aliphatic rings. The summed E-state index contributed by atoms with van der Waals surface area (Å²) in [5, 5.41) is 6.77. The fraction of sp³-hybridized carbons (Fsp3) is 0.667. The van der Waals surface area contributed by atoms with Crippen LogP contribution in [-0.2, 0) is 11.2 Å². The van der Waals surface area contributed by atoms with Crippen LogP contribution in [0.1, 0.15) is 24.6 Å². The van der Waals surface area contributed by atoms with Gasteiger partial charge in [-0.05, 0) is 25.3 Å². The summed E-state index contributed by atoms with van der Waals surface area (Å²) in [6, 6.07) is 0. The topological polar surface area (TPSA) is 37.9 Å². The standard InChI is InChI=1S/C6H10N2.C3H6O/c1-3-6-5(2)4-7-8-6;1-2-4-3-1/h4H,3H2,1-2H3,(H,7,8);1-3H2. The Hall–Kier alpha value is -0.830. The zero-order chi connectivity index (χ0) is 8.81. The molecule has 3 nitrogen and oxygen atoms in total. The molecule has 0 amide bonds. The van der Waals surface area contributed by atoms with E-state index in [0.29, 0.717) is 0 Å². The quantitative estimate of drug-likeness (QED) is 0.693. The van der Waals surface area contributed by atoms with Gasteiger partial charge in [0.1, 0.15) is 0 Å². The van der Waals surface area contributed by atoms with Crippen LogP contribution in [0.4, 0.5) is 0 Å². The Morgan fingerprint density at radius 1 is 1.58 bits per heavy atom. The van der Waals surface area contributed by atoms with Gasteiger partial charge in [-0.1, -0.05) is 6.92 Å². The van der Waals surface area contributed by atoms with E-state index < -0.39 is 0 Å². The first-order valence-corrected chi connectivity index (χ1v) is 4.41. The Morgan fingerprint density at radius 3 is 2.33 bits per heavy atom. The lowest BCUT2D eigenvalue weighted by atomic mass is 10.2. The highest BCUT2D eigenvalue weighted by Gasteiger charge is 1.94. The number of hydrogen-bond donors (Lipinski definition) is 1. The van der Waals surface area contributed by atoms with Gasteiger partial charge >= 0.3 is 0 Å². The van der Waals surface area contributed by atoms with Crippen molar-refractivity contribution < 1.29 is 4.74 Å². The fourth-order valence-corrected chi connectivity index (χ4v) is 0.875. The second-order valence-electron chi connectivity index (χ2n) is 2.85. The molecule has 2 heterocycles. The van der Waals surface area contributed by atoms with Crippen LogP contribution in [0.2, 0.25) is 0 Å². The second-order valence-corrected chi connectivity index (χ2v) is 2.85. The maximum Gasteiger partial charge on any atom is 0.0519 e. The molecule has 2 rings (SSSR count). The van der Waals surface area contributed by atoms with Crippen LogP contribution < -0.4 is 0 Å². The van der Waals surface area contributed by atoms with E-state index in [2.05, 4.69) is 24.0 Å². The molecule has 0 unspecified atom stereocenters. The number of nitrogens with one attached hydrogen (secondary N) is 1. The van der Waals surface area contributed by atoms with Crippen LogP contribution in [0.5, 0.6) is 0 Å². The lowest BCUT2D eigenvalue weighted by Crippen LogP contribution is -2.09. The molecule has 0 spiro atoms. The van der Waals surface area contributed by atoms with Crippen LogP contribution in [0, 0.1) is 6.92 Å². The van der Waals surface area contributed by atoms with E-state index in [0.717, 1.165) is 19.6 Å². The molecule has 3 heteroatoms. The SMILES string of the molecule is C1COC1.CCc1[nH]ncc1C. The zero-order valence-electron chi connectivity index (χ0n) is 7.76. The molecule has 1 aliphatic heterocycles. The average molecular weight is 168 g/mol. The van der Waals surface area contributed by atoms with Crippen LogP contribution in [0.3, 0.4) is 0 Å². The normalized spacial score (nSPS) is 14.5. The van der Waals surface area contributed by atoms with Crippen molar-refractivity contribution in [2.45, 2.75) is 26.7 Å². The summed E-state index contributed by atoms with van der Waals surface area (Å²) < 4.78 is 4.72. The molecule has 1 aromatic rings. The molecule has 0 bridgehead atoms. The Kier molecular flexibility index (Phi) is 3.80. The third-order valence-electron chi connectivity index (χ3n) is 1.86. The largest absolute Gasteiger partial charge is 0.381 e. The summed E-state index contributed by atoms with van der Waals surface area (Å²) in [7, 11) is 0. The Balaban J connectivity index is 0.000000150. The van der Waals surface area contributed by atoms with Crippen molar-refractivity contribution in [3.63, 3.8) is 0 Å². The van der Waals surface area contributed by atoms with Gasteiger partial charge in [0.25, 0.3) is 0 Å². The summed E-state index contributed by atoms with van der Waals surface area (Å²) in [5.41, 5.74) is 2.50. The minimum atomic E-state index is 1.00. The van der Waals surface area contributed by atoms with Crippen molar-refractivity contribution in [3.05, 3.63) is 17.5 Å². The van der Waals surface area contributed by atoms with E-state index in [4.69, 9.17) is 4.74 Å². The van der Waals surface area contributed by atoms with Gasteiger partial charge in [0, 0.05) is 18.9 Å². The number of nitrogens with zero attached hydrogens (tertiary/aromatic N) is 1. The van der Waals surface area contributed by atoms with Crippen LogP contribution in [0.15, 0.2) is 6.20 Å². The summed E-state index contributed by atoms with van der Waals surface area (Å²) in [5.74, 6) is 0. The number of ether oxygens (including phenoxy) is 1. The van der Waals surface area contributed by atoms with Crippen molar-refractivity contribution in [3.8, 4) is 0 Å². The van der Waals surface area contributed by atoms with Crippen LogP contribution >= 0.6 is 0 Å². The Labute approximate surface area is 73.1 Å². The maximum atomic E-state index is 4.72. The zero-order valence-corrected chi connectivity index (χ0v) is 7.76. The minimum absolute atomic E-state index is 1.00. The number of rotatable bonds is 1. The van der Waals surface area contributed by atoms with Gasteiger partial charge in [0.05, 0.1) is 6.20 Å². The van der Waals surface area contributed by atoms with Crippen molar-refractivity contribution in [1.82, 2.24) is 10.2 Å². The molecular weight excluding hydrogens is 152 g/mol. The fourth-order valence-electron chi connectivity index (χ4n) is 0.875. The number of aromatic amines is 1. The van der Waals surface area contributed by atoms with Crippen molar-refractivity contribution in [2.75, 3.05) is 13.2 Å². The predicted octanol–water partition coefficient (Wildman–Crippen LogP) is 1.69. The Bertz CT molecular complexity index is 212. The first-order valence-electron chi connectivity index (χ1n) is 4.41. The number of aromatic nitrogens is 2. The van der Waals surface area contributed by atoms with Crippen LogP contribution in [-0.4, -0.2) is 23.4 Å². The van der Waals surface area contributed by atoms with Crippen molar-refractivity contribution in [2.24, 2.45) is 0 Å². The highest BCUT2D eigenvalue weighted by atomic mass is 16.5. The van der Waals surface area contributed by atoms with E-state index in [1.807, 2.05) is 6.20 Å². The van der Waals surface area contributed by atoms with E-state index in [-0.39, 0.29) is 0 Å². The summed E-state index contributed by atoms with van der Waals surface area (Å²) in [6.07, 6.45) is 4.17. The van der Waals surface area contributed by atoms with Crippen molar-refractivity contribution >= 4 is 0 Å². The molecule has 0 radical (unpaired) electrons. The average Bonchev–Trinajstić information content (AvgIpc) is 2.31. The van der Waals surface area contributed by atoms with Gasteiger partial charge in [-0.3, -0.25) is 5.10 Å². The van der Waals surface area contributed by atoms with Gasteiger partial charge < -0.3 is 4.74 Å². The van der Waals surface area contributed by atoms with Crippen molar-refractivity contribution in [1.29, 1.82) is 0 Å². The van der Waals surface area contributed by atoms with Gasteiger partial charge in [0.2, 0.25) is 0 Å². The smallest absolute Gasteiger partial charge is 0.0519 e. The van der Waals surface area contributed by atoms with Gasteiger partial charge in [-0.2, -0.15) is 5.10 Å². The lowest BCUT2D eigenvalue weighted by Gasteiger charge is -2.09. The lowest BCUT2D eigenvalue weighted by molar-refractivity contribution is 0.0367. The van der Waals surface area contributed by atoms with E-state index in [9.17, 15) is 0 Å². The summed E-state index contributed by atoms with van der Waals surface area (Å²) in [6.45, 7) is 6.17. The monoisotopic (exact) mass is 168 g/mol. The molecule has 12 heavy (non-hydrogen) atoms. The van der Waals surface area contributed by atoms with E-state index >= 15 is 0 Å². The molecule has 0 saturated carbocycles. The molecule has 1 saturated heterocycles. The second kappa shape index (κ2) is 4.93. The summed E-state index contributed by atoms with van der Waals surface area (Å²) in [4.78, 5) is 0.